The largest absolute Gasteiger partial charge is 0.298 e. The summed E-state index contributed by atoms with van der Waals surface area (Å²) in [5, 5.41) is 0. The monoisotopic (exact) mass is 159 g/mol. The molecule has 1 atom stereocenters. The van der Waals surface area contributed by atoms with Gasteiger partial charge in [0, 0.05) is 12.6 Å². The average Bonchev–Trinajstić information content (AvgIpc) is 2.53. The van der Waals surface area contributed by atoms with Gasteiger partial charge in [0.1, 0.15) is 5.78 Å². The molecule has 0 saturated carbocycles. The van der Waals surface area contributed by atoms with Gasteiger partial charge in [0.2, 0.25) is 0 Å². The summed E-state index contributed by atoms with van der Waals surface area (Å²) in [5.41, 5.74) is 0.858. The van der Waals surface area contributed by atoms with Crippen LogP contribution in [0.1, 0.15) is 18.0 Å². The Morgan fingerprint density at radius 1 is 1.42 bits per heavy atom. The highest BCUT2D eigenvalue weighted by molar-refractivity contribution is 5.90. The molecule has 2 nitrogen and oxygen atoms in total. The van der Waals surface area contributed by atoms with Crippen molar-refractivity contribution in [2.75, 3.05) is 0 Å². The summed E-state index contributed by atoms with van der Waals surface area (Å²) in [6.07, 6.45) is 6.10. The van der Waals surface area contributed by atoms with Crippen LogP contribution in [0.2, 0.25) is 0 Å². The number of rotatable bonds is 1. The number of allylic oxidation sites excluding steroid dienone is 2. The van der Waals surface area contributed by atoms with E-state index >= 15 is 0 Å². The minimum absolute atomic E-state index is 0.0915. The van der Waals surface area contributed by atoms with Gasteiger partial charge in [-0.05, 0) is 12.1 Å². The fraction of sp³-hybridized carbons (Fsp3) is 0.200. The van der Waals surface area contributed by atoms with Crippen LogP contribution in [0.15, 0.2) is 36.5 Å². The van der Waals surface area contributed by atoms with Crippen LogP contribution in [0.5, 0.6) is 0 Å². The molecule has 1 aliphatic carbocycles. The molecule has 0 aliphatic heterocycles. The molecule has 1 aromatic heterocycles. The number of pyridine rings is 1. The molecule has 12 heavy (non-hydrogen) atoms. The predicted molar refractivity (Wildman–Crippen MR) is 45.7 cm³/mol. The molecule has 0 radical (unpaired) electrons. The Morgan fingerprint density at radius 2 is 2.33 bits per heavy atom. The van der Waals surface area contributed by atoms with E-state index in [4.69, 9.17) is 0 Å². The summed E-state index contributed by atoms with van der Waals surface area (Å²) in [4.78, 5) is 15.4. The standard InChI is InChI=1S/C10H9NO/c12-10-6-3-4-8(10)9-5-1-2-7-11-9/h1-5,7-8H,6H2. The van der Waals surface area contributed by atoms with Crippen LogP contribution in [-0.2, 0) is 4.79 Å². The second-order valence-electron chi connectivity index (χ2n) is 2.83. The summed E-state index contributed by atoms with van der Waals surface area (Å²) in [6, 6.07) is 5.65. The van der Waals surface area contributed by atoms with Gasteiger partial charge in [0.05, 0.1) is 11.6 Å². The Labute approximate surface area is 70.9 Å². The normalized spacial score (nSPS) is 21.7. The highest BCUT2D eigenvalue weighted by Gasteiger charge is 2.21. The van der Waals surface area contributed by atoms with E-state index in [9.17, 15) is 4.79 Å². The van der Waals surface area contributed by atoms with Crippen molar-refractivity contribution in [2.24, 2.45) is 0 Å². The minimum Gasteiger partial charge on any atom is -0.298 e. The van der Waals surface area contributed by atoms with E-state index in [1.165, 1.54) is 0 Å². The van der Waals surface area contributed by atoms with Gasteiger partial charge < -0.3 is 0 Å². The zero-order valence-electron chi connectivity index (χ0n) is 6.60. The van der Waals surface area contributed by atoms with Crippen LogP contribution >= 0.6 is 0 Å². The lowest BCUT2D eigenvalue weighted by atomic mass is 10.0. The average molecular weight is 159 g/mol. The van der Waals surface area contributed by atoms with Gasteiger partial charge in [0.15, 0.2) is 0 Å². The van der Waals surface area contributed by atoms with Crippen LogP contribution in [-0.4, -0.2) is 10.8 Å². The molecule has 1 unspecified atom stereocenters. The molecule has 0 fully saturated rings. The first-order chi connectivity index (χ1) is 5.88. The Bertz CT molecular complexity index is 316. The van der Waals surface area contributed by atoms with Crippen molar-refractivity contribution in [1.82, 2.24) is 4.98 Å². The van der Waals surface area contributed by atoms with Gasteiger partial charge in [-0.15, -0.1) is 0 Å². The quantitative estimate of drug-likeness (QED) is 0.584. The molecule has 0 aromatic carbocycles. The lowest BCUT2D eigenvalue weighted by molar-refractivity contribution is -0.118. The number of hydrogen-bond acceptors (Lipinski definition) is 2. The summed E-state index contributed by atoms with van der Waals surface area (Å²) in [6.45, 7) is 0. The summed E-state index contributed by atoms with van der Waals surface area (Å²) >= 11 is 0. The third-order valence-corrected chi connectivity index (χ3v) is 2.00. The Balaban J connectivity index is 2.31. The lowest BCUT2D eigenvalue weighted by Gasteiger charge is -2.03. The third kappa shape index (κ3) is 1.16. The molecular weight excluding hydrogens is 150 g/mol. The molecule has 1 heterocycles. The highest BCUT2D eigenvalue weighted by Crippen LogP contribution is 2.22. The molecule has 0 spiro atoms. The predicted octanol–water partition coefficient (Wildman–Crippen LogP) is 1.69. The topological polar surface area (TPSA) is 30.0 Å². The first-order valence-corrected chi connectivity index (χ1v) is 3.98. The molecule has 0 amide bonds. The second kappa shape index (κ2) is 2.89. The summed E-state index contributed by atoms with van der Waals surface area (Å²) < 4.78 is 0. The first-order valence-electron chi connectivity index (χ1n) is 3.98. The maximum Gasteiger partial charge on any atom is 0.149 e. The summed E-state index contributed by atoms with van der Waals surface area (Å²) in [5.74, 6) is 0.153. The Kier molecular flexibility index (Phi) is 1.74. The van der Waals surface area contributed by atoms with Gasteiger partial charge in [-0.1, -0.05) is 18.2 Å². The van der Waals surface area contributed by atoms with Gasteiger partial charge in [0.25, 0.3) is 0 Å². The Hall–Kier alpha value is -1.44. The van der Waals surface area contributed by atoms with Crippen molar-refractivity contribution in [3.8, 4) is 0 Å². The fourth-order valence-electron chi connectivity index (χ4n) is 1.38. The maximum absolute atomic E-state index is 11.3. The van der Waals surface area contributed by atoms with Crippen LogP contribution < -0.4 is 0 Å². The minimum atomic E-state index is -0.0915. The van der Waals surface area contributed by atoms with Crippen molar-refractivity contribution in [1.29, 1.82) is 0 Å². The van der Waals surface area contributed by atoms with Gasteiger partial charge in [-0.25, -0.2) is 0 Å². The number of aromatic nitrogens is 1. The number of Topliss-reactive ketones (excluding diaryl/α,β-unsaturated/α-hetero) is 1. The number of hydrogen-bond donors (Lipinski definition) is 0. The molecule has 0 N–H and O–H groups in total. The lowest BCUT2D eigenvalue weighted by Crippen LogP contribution is -2.05. The van der Waals surface area contributed by atoms with Crippen molar-refractivity contribution < 1.29 is 4.79 Å². The van der Waals surface area contributed by atoms with Crippen molar-refractivity contribution in [2.45, 2.75) is 12.3 Å². The maximum atomic E-state index is 11.3. The van der Waals surface area contributed by atoms with Crippen molar-refractivity contribution in [3.05, 3.63) is 42.2 Å². The zero-order chi connectivity index (χ0) is 8.39. The van der Waals surface area contributed by atoms with E-state index in [2.05, 4.69) is 4.98 Å². The smallest absolute Gasteiger partial charge is 0.149 e. The number of nitrogens with zero attached hydrogens (tertiary/aromatic N) is 1. The van der Waals surface area contributed by atoms with Gasteiger partial charge in [-0.2, -0.15) is 0 Å². The van der Waals surface area contributed by atoms with E-state index in [-0.39, 0.29) is 11.7 Å². The van der Waals surface area contributed by atoms with E-state index in [0.29, 0.717) is 6.42 Å². The number of carbonyl (C=O) groups excluding carboxylic acids is 1. The highest BCUT2D eigenvalue weighted by atomic mass is 16.1. The molecule has 2 rings (SSSR count). The number of ketones is 1. The van der Waals surface area contributed by atoms with Gasteiger partial charge >= 0.3 is 0 Å². The van der Waals surface area contributed by atoms with Gasteiger partial charge in [-0.3, -0.25) is 9.78 Å². The van der Waals surface area contributed by atoms with Crippen LogP contribution in [0.25, 0.3) is 0 Å². The van der Waals surface area contributed by atoms with Crippen LogP contribution in [0, 0.1) is 0 Å². The molecule has 2 heteroatoms. The van der Waals surface area contributed by atoms with E-state index in [1.807, 2.05) is 30.4 Å². The molecule has 60 valence electrons. The van der Waals surface area contributed by atoms with E-state index in [1.54, 1.807) is 6.20 Å². The fourth-order valence-corrected chi connectivity index (χ4v) is 1.38. The SMILES string of the molecule is O=C1CC=CC1c1ccccn1. The van der Waals surface area contributed by atoms with E-state index in [0.717, 1.165) is 5.69 Å². The molecule has 1 aliphatic rings. The Morgan fingerprint density at radius 3 is 2.92 bits per heavy atom. The zero-order valence-corrected chi connectivity index (χ0v) is 6.60. The van der Waals surface area contributed by atoms with Crippen LogP contribution in [0.4, 0.5) is 0 Å². The third-order valence-electron chi connectivity index (χ3n) is 2.00. The van der Waals surface area contributed by atoms with Crippen molar-refractivity contribution in [3.63, 3.8) is 0 Å². The molecule has 1 aromatic rings. The molecule has 0 bridgehead atoms. The summed E-state index contributed by atoms with van der Waals surface area (Å²) in [7, 11) is 0. The first kappa shape index (κ1) is 7.22. The van der Waals surface area contributed by atoms with Crippen molar-refractivity contribution >= 4 is 5.78 Å². The second-order valence-corrected chi connectivity index (χ2v) is 2.83. The van der Waals surface area contributed by atoms with E-state index < -0.39 is 0 Å². The van der Waals surface area contributed by atoms with Crippen LogP contribution in [0.3, 0.4) is 0 Å². The molecule has 0 saturated heterocycles. The molecular formula is C10H9NO. The number of carbonyl (C=O) groups is 1.